The van der Waals surface area contributed by atoms with E-state index in [1.165, 1.54) is 5.56 Å². The fourth-order valence-corrected chi connectivity index (χ4v) is 4.47. The molecule has 0 aromatic heterocycles. The Morgan fingerprint density at radius 3 is 2.31 bits per heavy atom. The Balaban J connectivity index is 1.58. The fourth-order valence-electron chi connectivity index (χ4n) is 4.47. The van der Waals surface area contributed by atoms with Crippen molar-refractivity contribution in [1.82, 2.24) is 4.90 Å². The number of allylic oxidation sites excluding steroid dienone is 1. The number of ether oxygens (including phenoxy) is 1. The minimum absolute atomic E-state index is 0.00817. The number of hydrogen-bond donors (Lipinski definition) is 2. The second kappa shape index (κ2) is 16.1. The summed E-state index contributed by atoms with van der Waals surface area (Å²) in [6, 6.07) is 25.5. The molecule has 0 aliphatic rings. The Labute approximate surface area is 231 Å². The fraction of sp³-hybridized carbons (Fsp3) is 0.333. The molecule has 0 bridgehead atoms. The number of likely N-dealkylation sites (N-methyl/N-ethyl adjacent to an activating group) is 1. The first-order valence-electron chi connectivity index (χ1n) is 13.6. The summed E-state index contributed by atoms with van der Waals surface area (Å²) in [6.07, 6.45) is 10.1. The molecular formula is C33H39NO5. The molecule has 0 aliphatic carbocycles. The number of rotatable bonds is 17. The Morgan fingerprint density at radius 2 is 1.59 bits per heavy atom. The molecule has 39 heavy (non-hydrogen) atoms. The lowest BCUT2D eigenvalue weighted by Crippen LogP contribution is -2.27. The van der Waals surface area contributed by atoms with E-state index < -0.39 is 11.9 Å². The summed E-state index contributed by atoms with van der Waals surface area (Å²) in [6.45, 7) is 1.29. The van der Waals surface area contributed by atoms with E-state index in [0.29, 0.717) is 13.2 Å². The molecule has 6 heteroatoms. The molecule has 3 rings (SSSR count). The van der Waals surface area contributed by atoms with Crippen LogP contribution in [-0.4, -0.2) is 53.8 Å². The van der Waals surface area contributed by atoms with Crippen LogP contribution >= 0.6 is 0 Å². The Kier molecular flexibility index (Phi) is 12.3. The van der Waals surface area contributed by atoms with Gasteiger partial charge in [0.2, 0.25) is 0 Å². The number of aliphatic carboxylic acids is 1. The third-order valence-electron chi connectivity index (χ3n) is 6.66. The zero-order chi connectivity index (χ0) is 27.9. The summed E-state index contributed by atoms with van der Waals surface area (Å²) in [5, 5.41) is 18.3. The molecule has 1 unspecified atom stereocenters. The molecule has 0 heterocycles. The van der Waals surface area contributed by atoms with Gasteiger partial charge in [-0.2, -0.15) is 0 Å². The summed E-state index contributed by atoms with van der Waals surface area (Å²) >= 11 is 0. The predicted octanol–water partition coefficient (Wildman–Crippen LogP) is 6.46. The van der Waals surface area contributed by atoms with Crippen LogP contribution in [-0.2, 0) is 17.6 Å². The highest BCUT2D eigenvalue weighted by atomic mass is 16.5. The second-order valence-electron chi connectivity index (χ2n) is 9.93. The van der Waals surface area contributed by atoms with E-state index >= 15 is 0 Å². The summed E-state index contributed by atoms with van der Waals surface area (Å²) in [4.78, 5) is 24.1. The highest BCUT2D eigenvalue weighted by Gasteiger charge is 2.12. The van der Waals surface area contributed by atoms with E-state index in [2.05, 4.69) is 36.4 Å². The van der Waals surface area contributed by atoms with Crippen molar-refractivity contribution in [2.45, 2.75) is 38.5 Å². The lowest BCUT2D eigenvalue weighted by molar-refractivity contribution is -0.138. The maximum absolute atomic E-state index is 11.2. The summed E-state index contributed by atoms with van der Waals surface area (Å²) in [5.41, 5.74) is 3.68. The number of nitrogens with zero attached hydrogens (tertiary/aromatic N) is 1. The Bertz CT molecular complexity index is 1190. The Morgan fingerprint density at radius 1 is 0.872 bits per heavy atom. The van der Waals surface area contributed by atoms with Gasteiger partial charge in [0, 0.05) is 5.56 Å². The molecule has 1 atom stereocenters. The molecule has 3 aromatic rings. The van der Waals surface area contributed by atoms with Crippen molar-refractivity contribution in [2.24, 2.45) is 5.92 Å². The molecule has 206 valence electrons. The van der Waals surface area contributed by atoms with Gasteiger partial charge >= 0.3 is 11.9 Å². The minimum Gasteiger partial charge on any atom is -0.493 e. The molecule has 0 saturated carbocycles. The highest BCUT2D eigenvalue weighted by molar-refractivity contribution is 5.87. The quantitative estimate of drug-likeness (QED) is 0.195. The number of para-hydroxylation sites is 1. The van der Waals surface area contributed by atoms with Crippen molar-refractivity contribution in [3.8, 4) is 5.75 Å². The van der Waals surface area contributed by atoms with Crippen LogP contribution < -0.4 is 4.74 Å². The second-order valence-corrected chi connectivity index (χ2v) is 9.93. The highest BCUT2D eigenvalue weighted by Crippen LogP contribution is 2.23. The van der Waals surface area contributed by atoms with Gasteiger partial charge in [0.25, 0.3) is 0 Å². The van der Waals surface area contributed by atoms with Crippen molar-refractivity contribution in [3.05, 3.63) is 107 Å². The number of benzene rings is 3. The van der Waals surface area contributed by atoms with Crippen LogP contribution in [0.2, 0.25) is 0 Å². The zero-order valence-corrected chi connectivity index (χ0v) is 22.7. The monoisotopic (exact) mass is 529 g/mol. The van der Waals surface area contributed by atoms with Gasteiger partial charge in [0.05, 0.1) is 18.7 Å². The molecule has 3 aromatic carbocycles. The first-order valence-corrected chi connectivity index (χ1v) is 13.6. The van der Waals surface area contributed by atoms with Gasteiger partial charge in [-0.05, 0) is 87.4 Å². The van der Waals surface area contributed by atoms with Crippen molar-refractivity contribution in [2.75, 3.05) is 26.7 Å². The van der Waals surface area contributed by atoms with Gasteiger partial charge in [-0.15, -0.1) is 0 Å². The van der Waals surface area contributed by atoms with Crippen LogP contribution in [0, 0.1) is 5.92 Å². The average molecular weight is 530 g/mol. The maximum Gasteiger partial charge on any atom is 0.335 e. The first-order chi connectivity index (χ1) is 18.9. The van der Waals surface area contributed by atoms with Crippen LogP contribution in [0.1, 0.15) is 52.7 Å². The Hall–Kier alpha value is -3.90. The normalized spacial score (nSPS) is 12.1. The summed E-state index contributed by atoms with van der Waals surface area (Å²) in [5.74, 6) is -0.798. The van der Waals surface area contributed by atoms with Crippen LogP contribution in [0.25, 0.3) is 6.08 Å². The van der Waals surface area contributed by atoms with E-state index in [9.17, 15) is 14.7 Å². The van der Waals surface area contributed by atoms with Crippen LogP contribution in [0.3, 0.4) is 0 Å². The number of carbonyl (C=O) groups is 2. The van der Waals surface area contributed by atoms with E-state index in [1.807, 2.05) is 42.5 Å². The van der Waals surface area contributed by atoms with Gasteiger partial charge < -0.3 is 14.9 Å². The predicted molar refractivity (Wildman–Crippen MR) is 155 cm³/mol. The SMILES string of the molecule is CN(CCC(C=Cc1ccccc1OCCCCCc1ccccc1)Cc1ccc(C(=O)O)cc1)CC(=O)O. The lowest BCUT2D eigenvalue weighted by atomic mass is 9.94. The largest absolute Gasteiger partial charge is 0.493 e. The molecule has 0 spiro atoms. The lowest BCUT2D eigenvalue weighted by Gasteiger charge is -2.19. The molecule has 6 nitrogen and oxygen atoms in total. The third kappa shape index (κ3) is 11.2. The minimum atomic E-state index is -0.943. The van der Waals surface area contributed by atoms with Crippen molar-refractivity contribution >= 4 is 18.0 Å². The number of unbranched alkanes of at least 4 members (excludes halogenated alkanes) is 2. The number of carboxylic acids is 2. The summed E-state index contributed by atoms with van der Waals surface area (Å²) in [7, 11) is 1.81. The van der Waals surface area contributed by atoms with Crippen LogP contribution in [0.4, 0.5) is 0 Å². The van der Waals surface area contributed by atoms with Crippen LogP contribution in [0.15, 0.2) is 84.9 Å². The molecule has 0 aliphatic heterocycles. The molecular weight excluding hydrogens is 490 g/mol. The maximum atomic E-state index is 11.2. The first kappa shape index (κ1) is 29.7. The summed E-state index contributed by atoms with van der Waals surface area (Å²) < 4.78 is 6.14. The van der Waals surface area contributed by atoms with Crippen LogP contribution in [0.5, 0.6) is 5.75 Å². The third-order valence-corrected chi connectivity index (χ3v) is 6.66. The van der Waals surface area contributed by atoms with Gasteiger partial charge in [-0.25, -0.2) is 4.79 Å². The van der Waals surface area contributed by atoms with Gasteiger partial charge in [-0.3, -0.25) is 9.69 Å². The molecule has 0 radical (unpaired) electrons. The molecule has 0 amide bonds. The van der Waals surface area contributed by atoms with Crippen molar-refractivity contribution < 1.29 is 24.5 Å². The van der Waals surface area contributed by atoms with E-state index in [0.717, 1.165) is 55.4 Å². The van der Waals surface area contributed by atoms with Crippen molar-refractivity contribution in [3.63, 3.8) is 0 Å². The molecule has 2 N–H and O–H groups in total. The van der Waals surface area contributed by atoms with Crippen molar-refractivity contribution in [1.29, 1.82) is 0 Å². The van der Waals surface area contributed by atoms with Gasteiger partial charge in [0.15, 0.2) is 0 Å². The average Bonchev–Trinajstić information content (AvgIpc) is 2.93. The smallest absolute Gasteiger partial charge is 0.335 e. The molecule has 0 fully saturated rings. The van der Waals surface area contributed by atoms with E-state index in [1.54, 1.807) is 24.1 Å². The molecule has 0 saturated heterocycles. The number of carboxylic acid groups (broad SMARTS) is 2. The number of hydrogen-bond acceptors (Lipinski definition) is 4. The standard InChI is InChI=1S/C33H39NO5/c1-34(25-32(35)36)22-21-28(24-27-16-19-30(20-17-27)33(37)38)15-18-29-13-7-8-14-31(29)39-23-9-3-6-12-26-10-4-2-5-11-26/h2,4-5,7-8,10-11,13-20,28H,3,6,9,12,21-25H2,1H3,(H,35,36)(H,37,38). The number of aromatic carboxylic acids is 1. The van der Waals surface area contributed by atoms with Gasteiger partial charge in [0.1, 0.15) is 5.75 Å². The number of aryl methyl sites for hydroxylation is 1. The van der Waals surface area contributed by atoms with Gasteiger partial charge in [-0.1, -0.05) is 72.8 Å². The topological polar surface area (TPSA) is 87.1 Å². The van der Waals surface area contributed by atoms with E-state index in [4.69, 9.17) is 9.84 Å². The zero-order valence-electron chi connectivity index (χ0n) is 22.7. The van der Waals surface area contributed by atoms with E-state index in [-0.39, 0.29) is 18.0 Å².